The van der Waals surface area contributed by atoms with Crippen molar-refractivity contribution in [3.63, 3.8) is 0 Å². The molecule has 1 aromatic carbocycles. The molecule has 0 bridgehead atoms. The van der Waals surface area contributed by atoms with Gasteiger partial charge >= 0.3 is 5.97 Å². The van der Waals surface area contributed by atoms with Gasteiger partial charge in [-0.2, -0.15) is 0 Å². The van der Waals surface area contributed by atoms with Gasteiger partial charge in [0.2, 0.25) is 0 Å². The molecular formula is C13H18O3. The van der Waals surface area contributed by atoms with Gasteiger partial charge in [-0.3, -0.25) is 0 Å². The van der Waals surface area contributed by atoms with Gasteiger partial charge in [-0.15, -0.1) is 0 Å². The molecule has 3 heteroatoms. The van der Waals surface area contributed by atoms with E-state index < -0.39 is 12.1 Å². The Morgan fingerprint density at radius 3 is 2.38 bits per heavy atom. The fourth-order valence-corrected chi connectivity index (χ4v) is 1.50. The number of rotatable bonds is 6. The molecule has 0 amide bonds. The highest BCUT2D eigenvalue weighted by atomic mass is 16.5. The largest absolute Gasteiger partial charge is 0.479 e. The van der Waals surface area contributed by atoms with Crippen LogP contribution in [0.1, 0.15) is 32.3 Å². The lowest BCUT2D eigenvalue weighted by Gasteiger charge is -2.13. The van der Waals surface area contributed by atoms with E-state index in [4.69, 9.17) is 9.84 Å². The zero-order valence-corrected chi connectivity index (χ0v) is 9.77. The Morgan fingerprint density at radius 2 is 1.94 bits per heavy atom. The van der Waals surface area contributed by atoms with Crippen molar-refractivity contribution in [2.75, 3.05) is 0 Å². The van der Waals surface area contributed by atoms with Gasteiger partial charge in [-0.25, -0.2) is 4.79 Å². The summed E-state index contributed by atoms with van der Waals surface area (Å²) in [5, 5.41) is 8.85. The second-order valence-corrected chi connectivity index (χ2v) is 3.75. The van der Waals surface area contributed by atoms with Crippen LogP contribution in [0.3, 0.4) is 0 Å². The molecule has 0 radical (unpaired) electrons. The van der Waals surface area contributed by atoms with Gasteiger partial charge in [-0.1, -0.05) is 32.4 Å². The predicted molar refractivity (Wildman–Crippen MR) is 62.8 cm³/mol. The van der Waals surface area contributed by atoms with E-state index in [2.05, 4.69) is 6.92 Å². The smallest absolute Gasteiger partial charge is 0.344 e. The maximum atomic E-state index is 10.8. The Hall–Kier alpha value is -1.51. The molecule has 88 valence electrons. The van der Waals surface area contributed by atoms with Crippen LogP contribution in [0.5, 0.6) is 5.75 Å². The van der Waals surface area contributed by atoms with E-state index in [-0.39, 0.29) is 0 Å². The Morgan fingerprint density at radius 1 is 1.31 bits per heavy atom. The van der Waals surface area contributed by atoms with E-state index >= 15 is 0 Å². The normalized spacial score (nSPS) is 12.1. The monoisotopic (exact) mass is 222 g/mol. The van der Waals surface area contributed by atoms with E-state index in [1.165, 1.54) is 5.56 Å². The first-order chi connectivity index (χ1) is 7.67. The number of ether oxygens (including phenoxy) is 1. The van der Waals surface area contributed by atoms with E-state index in [1.54, 1.807) is 6.92 Å². The second kappa shape index (κ2) is 6.16. The zero-order valence-electron chi connectivity index (χ0n) is 9.77. The summed E-state index contributed by atoms with van der Waals surface area (Å²) in [6.07, 6.45) is 1.85. The maximum Gasteiger partial charge on any atom is 0.344 e. The minimum Gasteiger partial charge on any atom is -0.479 e. The molecule has 1 atom stereocenters. The number of carbonyl (C=O) groups is 1. The summed E-state index contributed by atoms with van der Waals surface area (Å²) in [6, 6.07) is 7.62. The highest BCUT2D eigenvalue weighted by Gasteiger charge is 2.16. The van der Waals surface area contributed by atoms with Crippen molar-refractivity contribution in [1.29, 1.82) is 0 Å². The zero-order chi connectivity index (χ0) is 12.0. The third-order valence-electron chi connectivity index (χ3n) is 2.39. The first-order valence-corrected chi connectivity index (χ1v) is 5.65. The lowest BCUT2D eigenvalue weighted by Crippen LogP contribution is -2.25. The molecule has 1 aromatic rings. The van der Waals surface area contributed by atoms with Crippen LogP contribution in [0.4, 0.5) is 0 Å². The molecule has 0 fully saturated rings. The van der Waals surface area contributed by atoms with Gasteiger partial charge in [0, 0.05) is 0 Å². The SMILES string of the molecule is CCCc1ccc(OC(CC)C(=O)O)cc1. The van der Waals surface area contributed by atoms with Crippen molar-refractivity contribution in [2.45, 2.75) is 39.2 Å². The number of aliphatic carboxylic acids is 1. The number of hydrogen-bond donors (Lipinski definition) is 1. The van der Waals surface area contributed by atoms with Crippen molar-refractivity contribution in [3.8, 4) is 5.75 Å². The molecule has 0 heterocycles. The minimum absolute atomic E-state index is 0.464. The molecule has 0 saturated heterocycles. The van der Waals surface area contributed by atoms with E-state index in [0.717, 1.165) is 12.8 Å². The average molecular weight is 222 g/mol. The van der Waals surface area contributed by atoms with Gasteiger partial charge in [0.15, 0.2) is 6.10 Å². The Bertz CT molecular complexity index is 330. The van der Waals surface area contributed by atoms with Crippen LogP contribution >= 0.6 is 0 Å². The lowest BCUT2D eigenvalue weighted by molar-refractivity contribution is -0.145. The number of benzene rings is 1. The molecule has 0 aliphatic rings. The fourth-order valence-electron chi connectivity index (χ4n) is 1.50. The highest BCUT2D eigenvalue weighted by Crippen LogP contribution is 2.15. The summed E-state index contributed by atoms with van der Waals surface area (Å²) in [5.74, 6) is -0.297. The van der Waals surface area contributed by atoms with Crippen LogP contribution in [0, 0.1) is 0 Å². The second-order valence-electron chi connectivity index (χ2n) is 3.75. The van der Waals surface area contributed by atoms with Crippen LogP contribution in [0.2, 0.25) is 0 Å². The number of aryl methyl sites for hydroxylation is 1. The molecule has 1 unspecified atom stereocenters. The number of hydrogen-bond acceptors (Lipinski definition) is 2. The lowest BCUT2D eigenvalue weighted by atomic mass is 10.1. The Labute approximate surface area is 96.1 Å². The van der Waals surface area contributed by atoms with Crippen LogP contribution in [-0.4, -0.2) is 17.2 Å². The minimum atomic E-state index is -0.917. The van der Waals surface area contributed by atoms with Gasteiger partial charge in [-0.05, 0) is 30.5 Å². The molecule has 0 spiro atoms. The van der Waals surface area contributed by atoms with Crippen molar-refractivity contribution < 1.29 is 14.6 Å². The summed E-state index contributed by atoms with van der Waals surface area (Å²) >= 11 is 0. The summed E-state index contributed by atoms with van der Waals surface area (Å²) < 4.78 is 5.36. The molecule has 0 aliphatic heterocycles. The Kier molecular flexibility index (Phi) is 4.83. The summed E-state index contributed by atoms with van der Waals surface area (Å²) in [6.45, 7) is 3.92. The van der Waals surface area contributed by atoms with E-state index in [9.17, 15) is 4.79 Å². The average Bonchev–Trinajstić information content (AvgIpc) is 2.28. The Balaban J connectivity index is 2.63. The van der Waals surface area contributed by atoms with Crippen LogP contribution in [-0.2, 0) is 11.2 Å². The van der Waals surface area contributed by atoms with Gasteiger partial charge in [0.1, 0.15) is 5.75 Å². The summed E-state index contributed by atoms with van der Waals surface area (Å²) in [7, 11) is 0. The van der Waals surface area contributed by atoms with E-state index in [1.807, 2.05) is 24.3 Å². The quantitative estimate of drug-likeness (QED) is 0.805. The van der Waals surface area contributed by atoms with Gasteiger partial charge in [0.05, 0.1) is 0 Å². The summed E-state index contributed by atoms with van der Waals surface area (Å²) in [5.41, 5.74) is 1.25. The number of carboxylic acids is 1. The molecule has 1 N–H and O–H groups in total. The van der Waals surface area contributed by atoms with Crippen LogP contribution in [0.25, 0.3) is 0 Å². The maximum absolute atomic E-state index is 10.8. The molecule has 16 heavy (non-hydrogen) atoms. The third kappa shape index (κ3) is 3.57. The van der Waals surface area contributed by atoms with Crippen molar-refractivity contribution in [3.05, 3.63) is 29.8 Å². The highest BCUT2D eigenvalue weighted by molar-refractivity contribution is 5.72. The van der Waals surface area contributed by atoms with Gasteiger partial charge < -0.3 is 9.84 Å². The summed E-state index contributed by atoms with van der Waals surface area (Å²) in [4.78, 5) is 10.8. The molecule has 1 rings (SSSR count). The molecule has 0 saturated carbocycles. The first kappa shape index (κ1) is 12.6. The van der Waals surface area contributed by atoms with Gasteiger partial charge in [0.25, 0.3) is 0 Å². The fraction of sp³-hybridized carbons (Fsp3) is 0.462. The van der Waals surface area contributed by atoms with Crippen molar-refractivity contribution in [2.24, 2.45) is 0 Å². The molecule has 0 aliphatic carbocycles. The first-order valence-electron chi connectivity index (χ1n) is 5.65. The predicted octanol–water partition coefficient (Wildman–Crippen LogP) is 2.88. The van der Waals surface area contributed by atoms with Crippen molar-refractivity contribution in [1.82, 2.24) is 0 Å². The topological polar surface area (TPSA) is 46.5 Å². The standard InChI is InChI=1S/C13H18O3/c1-3-5-10-6-8-11(9-7-10)16-12(4-2)13(14)15/h6-9,12H,3-5H2,1-2H3,(H,14,15). The van der Waals surface area contributed by atoms with Crippen LogP contribution in [0.15, 0.2) is 24.3 Å². The number of carboxylic acid groups (broad SMARTS) is 1. The van der Waals surface area contributed by atoms with E-state index in [0.29, 0.717) is 12.2 Å². The molecular weight excluding hydrogens is 204 g/mol. The van der Waals surface area contributed by atoms with Crippen LogP contribution < -0.4 is 4.74 Å². The molecule has 3 nitrogen and oxygen atoms in total. The van der Waals surface area contributed by atoms with Crippen molar-refractivity contribution >= 4 is 5.97 Å². The molecule has 0 aromatic heterocycles. The third-order valence-corrected chi connectivity index (χ3v) is 2.39.